The quantitative estimate of drug-likeness (QED) is 0.812. The number of carboxylic acid groups (broad SMARTS) is 1. The van der Waals surface area contributed by atoms with Crippen molar-refractivity contribution in [2.75, 3.05) is 44.2 Å². The van der Waals surface area contributed by atoms with Gasteiger partial charge in [-0.1, -0.05) is 18.2 Å². The molecule has 2 saturated heterocycles. The van der Waals surface area contributed by atoms with Crippen LogP contribution in [0.5, 0.6) is 0 Å². The van der Waals surface area contributed by atoms with E-state index in [0.717, 1.165) is 24.3 Å². The van der Waals surface area contributed by atoms with Crippen LogP contribution in [0.3, 0.4) is 0 Å². The van der Waals surface area contributed by atoms with E-state index in [2.05, 4.69) is 10.2 Å². The number of amides is 3. The zero-order valence-corrected chi connectivity index (χ0v) is 16.3. The fourth-order valence-electron chi connectivity index (χ4n) is 3.88. The van der Waals surface area contributed by atoms with E-state index >= 15 is 0 Å². The number of piperidine rings is 1. The first kappa shape index (κ1) is 20.0. The highest BCUT2D eigenvalue weighted by Gasteiger charge is 2.28. The van der Waals surface area contributed by atoms with Crippen molar-refractivity contribution in [2.45, 2.75) is 26.3 Å². The Morgan fingerprint density at radius 2 is 1.79 bits per heavy atom. The number of nitrogens with one attached hydrogen (secondary N) is 1. The molecule has 0 aliphatic carbocycles. The van der Waals surface area contributed by atoms with Crippen molar-refractivity contribution in [3.8, 4) is 0 Å². The second-order valence-corrected chi connectivity index (χ2v) is 7.40. The highest BCUT2D eigenvalue weighted by atomic mass is 16.4. The standard InChI is InChI=1S/C20H28N4O4/c1-15(25)22-9-11-23(12-10-22)18-7-3-2-5-16(18)13-21-20(28)24-8-4-6-17(14-24)19(26)27/h2-3,5,7,17H,4,6,8-14H2,1H3,(H,21,28)(H,26,27). The van der Waals surface area contributed by atoms with E-state index in [0.29, 0.717) is 39.0 Å². The van der Waals surface area contributed by atoms with Crippen LogP contribution in [0.15, 0.2) is 24.3 Å². The maximum absolute atomic E-state index is 12.5. The van der Waals surface area contributed by atoms with Crippen LogP contribution in [0.2, 0.25) is 0 Å². The van der Waals surface area contributed by atoms with E-state index in [1.54, 1.807) is 11.8 Å². The van der Waals surface area contributed by atoms with Gasteiger partial charge in [0.25, 0.3) is 0 Å². The molecular weight excluding hydrogens is 360 g/mol. The molecule has 0 aromatic heterocycles. The van der Waals surface area contributed by atoms with Gasteiger partial charge >= 0.3 is 12.0 Å². The molecule has 1 aromatic rings. The predicted molar refractivity (Wildman–Crippen MR) is 105 cm³/mol. The number of para-hydroxylation sites is 1. The highest BCUT2D eigenvalue weighted by molar-refractivity contribution is 5.77. The topological polar surface area (TPSA) is 93.2 Å². The molecular formula is C20H28N4O4. The third-order valence-corrected chi connectivity index (χ3v) is 5.55. The van der Waals surface area contributed by atoms with Gasteiger partial charge in [-0.2, -0.15) is 0 Å². The van der Waals surface area contributed by atoms with Crippen LogP contribution in [0.25, 0.3) is 0 Å². The van der Waals surface area contributed by atoms with Gasteiger partial charge < -0.3 is 25.1 Å². The zero-order valence-electron chi connectivity index (χ0n) is 16.3. The highest BCUT2D eigenvalue weighted by Crippen LogP contribution is 2.22. The van der Waals surface area contributed by atoms with Gasteiger partial charge in [0.15, 0.2) is 0 Å². The number of urea groups is 1. The Morgan fingerprint density at radius 1 is 1.07 bits per heavy atom. The van der Waals surface area contributed by atoms with E-state index in [-0.39, 0.29) is 18.5 Å². The molecule has 152 valence electrons. The molecule has 0 saturated carbocycles. The normalized spacial score (nSPS) is 20.0. The monoisotopic (exact) mass is 388 g/mol. The molecule has 1 atom stereocenters. The minimum absolute atomic E-state index is 0.0985. The van der Waals surface area contributed by atoms with Crippen molar-refractivity contribution >= 4 is 23.6 Å². The Bertz CT molecular complexity index is 731. The molecule has 1 aromatic carbocycles. The van der Waals surface area contributed by atoms with Gasteiger partial charge in [0.1, 0.15) is 0 Å². The van der Waals surface area contributed by atoms with Crippen molar-refractivity contribution in [3.05, 3.63) is 29.8 Å². The average molecular weight is 388 g/mol. The van der Waals surface area contributed by atoms with Crippen LogP contribution in [0, 0.1) is 5.92 Å². The van der Waals surface area contributed by atoms with E-state index in [4.69, 9.17) is 0 Å². The number of nitrogens with zero attached hydrogens (tertiary/aromatic N) is 3. The lowest BCUT2D eigenvalue weighted by Gasteiger charge is -2.36. The summed E-state index contributed by atoms with van der Waals surface area (Å²) in [6.45, 7) is 5.74. The lowest BCUT2D eigenvalue weighted by molar-refractivity contribution is -0.143. The first-order valence-electron chi connectivity index (χ1n) is 9.79. The van der Waals surface area contributed by atoms with Crippen molar-refractivity contribution in [1.82, 2.24) is 15.1 Å². The van der Waals surface area contributed by atoms with E-state index in [9.17, 15) is 19.5 Å². The van der Waals surface area contributed by atoms with Gasteiger partial charge in [-0.25, -0.2) is 4.79 Å². The fourth-order valence-corrected chi connectivity index (χ4v) is 3.88. The van der Waals surface area contributed by atoms with Crippen molar-refractivity contribution in [1.29, 1.82) is 0 Å². The molecule has 0 radical (unpaired) electrons. The number of benzene rings is 1. The summed E-state index contributed by atoms with van der Waals surface area (Å²) in [7, 11) is 0. The van der Waals surface area contributed by atoms with Crippen LogP contribution in [-0.4, -0.2) is 72.1 Å². The zero-order chi connectivity index (χ0) is 20.1. The molecule has 0 spiro atoms. The number of piperazine rings is 1. The van der Waals surface area contributed by atoms with Crippen LogP contribution in [-0.2, 0) is 16.1 Å². The molecule has 2 N–H and O–H groups in total. The third kappa shape index (κ3) is 4.74. The smallest absolute Gasteiger partial charge is 0.317 e. The summed E-state index contributed by atoms with van der Waals surface area (Å²) in [6.07, 6.45) is 1.33. The Kier molecular flexibility index (Phi) is 6.38. The fraction of sp³-hybridized carbons (Fsp3) is 0.550. The Morgan fingerprint density at radius 3 is 2.46 bits per heavy atom. The molecule has 8 nitrogen and oxygen atoms in total. The van der Waals surface area contributed by atoms with E-state index in [1.807, 2.05) is 29.2 Å². The van der Waals surface area contributed by atoms with Gasteiger partial charge in [0.2, 0.25) is 5.91 Å². The SMILES string of the molecule is CC(=O)N1CCN(c2ccccc2CNC(=O)N2CCCC(C(=O)O)C2)CC1. The molecule has 2 aliphatic rings. The number of carbonyl (C=O) groups excluding carboxylic acids is 2. The molecule has 3 amide bonds. The summed E-state index contributed by atoms with van der Waals surface area (Å²) in [4.78, 5) is 40.9. The van der Waals surface area contributed by atoms with Crippen LogP contribution < -0.4 is 10.2 Å². The van der Waals surface area contributed by atoms with E-state index in [1.165, 1.54) is 0 Å². The number of carboxylic acids is 1. The van der Waals surface area contributed by atoms with Gasteiger partial charge in [-0.05, 0) is 24.5 Å². The predicted octanol–water partition coefficient (Wildman–Crippen LogP) is 1.36. The Hall–Kier alpha value is -2.77. The summed E-state index contributed by atoms with van der Waals surface area (Å²) >= 11 is 0. The number of aliphatic carboxylic acids is 1. The maximum atomic E-state index is 12.5. The molecule has 28 heavy (non-hydrogen) atoms. The lowest BCUT2D eigenvalue weighted by Crippen LogP contribution is -2.48. The van der Waals surface area contributed by atoms with Gasteiger partial charge in [0.05, 0.1) is 5.92 Å². The van der Waals surface area contributed by atoms with E-state index < -0.39 is 11.9 Å². The minimum Gasteiger partial charge on any atom is -0.481 e. The third-order valence-electron chi connectivity index (χ3n) is 5.55. The largest absolute Gasteiger partial charge is 0.481 e. The number of likely N-dealkylation sites (tertiary alicyclic amines) is 1. The van der Waals surface area contributed by atoms with Gasteiger partial charge in [-0.15, -0.1) is 0 Å². The molecule has 3 rings (SSSR count). The number of carbonyl (C=O) groups is 3. The number of anilines is 1. The molecule has 2 aliphatic heterocycles. The first-order chi connectivity index (χ1) is 13.5. The Balaban J connectivity index is 1.59. The number of hydrogen-bond donors (Lipinski definition) is 2. The number of rotatable bonds is 4. The van der Waals surface area contributed by atoms with Gasteiger partial charge in [0, 0.05) is 58.4 Å². The molecule has 2 heterocycles. The first-order valence-corrected chi connectivity index (χ1v) is 9.79. The molecule has 0 bridgehead atoms. The summed E-state index contributed by atoms with van der Waals surface area (Å²) in [5.74, 6) is -1.22. The summed E-state index contributed by atoms with van der Waals surface area (Å²) < 4.78 is 0. The van der Waals surface area contributed by atoms with Crippen LogP contribution in [0.4, 0.5) is 10.5 Å². The van der Waals surface area contributed by atoms with Crippen LogP contribution >= 0.6 is 0 Å². The summed E-state index contributed by atoms with van der Waals surface area (Å²) in [5.41, 5.74) is 2.08. The average Bonchev–Trinajstić information content (AvgIpc) is 2.72. The van der Waals surface area contributed by atoms with Crippen LogP contribution in [0.1, 0.15) is 25.3 Å². The van der Waals surface area contributed by atoms with Crippen molar-refractivity contribution < 1.29 is 19.5 Å². The second kappa shape index (κ2) is 8.95. The number of hydrogen-bond acceptors (Lipinski definition) is 4. The minimum atomic E-state index is -0.840. The van der Waals surface area contributed by atoms with Crippen molar-refractivity contribution in [3.63, 3.8) is 0 Å². The lowest BCUT2D eigenvalue weighted by atomic mass is 9.99. The maximum Gasteiger partial charge on any atom is 0.317 e. The van der Waals surface area contributed by atoms with Gasteiger partial charge in [-0.3, -0.25) is 9.59 Å². The second-order valence-electron chi connectivity index (χ2n) is 7.40. The molecule has 8 heteroatoms. The Labute approximate surface area is 165 Å². The summed E-state index contributed by atoms with van der Waals surface area (Å²) in [5, 5.41) is 12.1. The molecule has 2 fully saturated rings. The molecule has 1 unspecified atom stereocenters. The van der Waals surface area contributed by atoms with Crippen molar-refractivity contribution in [2.24, 2.45) is 5.92 Å². The summed E-state index contributed by atoms with van der Waals surface area (Å²) in [6, 6.07) is 7.72.